The third-order valence-corrected chi connectivity index (χ3v) is 6.18. The van der Waals surface area contributed by atoms with Crippen molar-refractivity contribution in [3.05, 3.63) is 81.1 Å². The van der Waals surface area contributed by atoms with Crippen molar-refractivity contribution in [2.45, 2.75) is 38.5 Å². The fraction of sp³-hybridized carbons (Fsp3) is 0.348. The number of alkyl halides is 3. The van der Waals surface area contributed by atoms with Gasteiger partial charge in [-0.1, -0.05) is 30.7 Å². The van der Waals surface area contributed by atoms with E-state index in [0.29, 0.717) is 29.3 Å². The van der Waals surface area contributed by atoms with Crippen molar-refractivity contribution in [2.24, 2.45) is 5.92 Å². The van der Waals surface area contributed by atoms with Gasteiger partial charge in [0.1, 0.15) is 0 Å². The summed E-state index contributed by atoms with van der Waals surface area (Å²) in [5, 5.41) is 14.5. The van der Waals surface area contributed by atoms with Crippen LogP contribution < -0.4 is 4.73 Å². The second kappa shape index (κ2) is 9.62. The normalized spacial score (nSPS) is 20.2. The maximum Gasteiger partial charge on any atom is 0.416 e. The molecule has 3 atom stereocenters. The summed E-state index contributed by atoms with van der Waals surface area (Å²) in [4.78, 5) is 0. The Kier molecular flexibility index (Phi) is 7.78. The maximum atomic E-state index is 13.2. The molecule has 0 bridgehead atoms. The Morgan fingerprint density at radius 1 is 1.09 bits per heavy atom. The van der Waals surface area contributed by atoms with Gasteiger partial charge in [-0.25, -0.2) is 0 Å². The molecule has 1 heterocycles. The molecule has 1 aliphatic carbocycles. The van der Waals surface area contributed by atoms with Crippen LogP contribution in [-0.2, 0) is 17.3 Å². The fourth-order valence-corrected chi connectivity index (χ4v) is 4.62. The Bertz CT molecular complexity index is 1090. The Morgan fingerprint density at radius 2 is 1.75 bits per heavy atom. The molecule has 0 amide bonds. The highest BCUT2D eigenvalue weighted by Crippen LogP contribution is 2.45. The van der Waals surface area contributed by atoms with E-state index in [0.717, 1.165) is 33.4 Å². The van der Waals surface area contributed by atoms with Crippen molar-refractivity contribution in [3.8, 4) is 0 Å². The van der Waals surface area contributed by atoms with Crippen LogP contribution in [0.5, 0.6) is 0 Å². The summed E-state index contributed by atoms with van der Waals surface area (Å²) in [7, 11) is 0. The molecule has 1 aliphatic rings. The number of aromatic nitrogens is 1. The molecule has 1 aromatic heterocycles. The van der Waals surface area contributed by atoms with Crippen LogP contribution in [-0.4, -0.2) is 17.6 Å². The average Bonchev–Trinajstić information content (AvgIpc) is 2.70. The zero-order valence-corrected chi connectivity index (χ0v) is 18.3. The standard InChI is InChI=1S/C23H21ClF3NO2.2H2O/c1-3-30-22-13(2)18(14-4-6-16(7-5-14)23(25,26)27)12-21-19(22)11-15-10-17(24)8-9-20(15)28(21)29;;/h4-11,13,18,22H,3,12H2,1-2H3;2*1H2. The van der Waals surface area contributed by atoms with E-state index in [4.69, 9.17) is 16.3 Å². The third kappa shape index (κ3) is 4.54. The lowest BCUT2D eigenvalue weighted by Crippen LogP contribution is -2.41. The van der Waals surface area contributed by atoms with Gasteiger partial charge in [0.2, 0.25) is 5.52 Å². The molecular formula is C23H25ClF3NO4. The maximum absolute atomic E-state index is 13.2. The van der Waals surface area contributed by atoms with Crippen molar-refractivity contribution >= 4 is 22.5 Å². The van der Waals surface area contributed by atoms with Gasteiger partial charge in [-0.15, -0.1) is 0 Å². The number of hydrogen-bond acceptors (Lipinski definition) is 2. The molecule has 2 aromatic carbocycles. The molecule has 32 heavy (non-hydrogen) atoms. The molecule has 3 aromatic rings. The highest BCUT2D eigenvalue weighted by atomic mass is 35.5. The molecule has 0 fully saturated rings. The van der Waals surface area contributed by atoms with E-state index in [1.54, 1.807) is 18.2 Å². The van der Waals surface area contributed by atoms with Crippen molar-refractivity contribution < 1.29 is 33.6 Å². The Balaban J connectivity index is 0.00000181. The van der Waals surface area contributed by atoms with Gasteiger partial charge in [0, 0.05) is 29.5 Å². The minimum atomic E-state index is -4.38. The van der Waals surface area contributed by atoms with E-state index in [1.165, 1.54) is 12.1 Å². The SMILES string of the molecule is CCOC1c2cc3cc(Cl)ccc3[n+]([O-])c2CC(c2ccc(C(F)(F)F)cc2)C1C.O.O. The van der Waals surface area contributed by atoms with E-state index in [1.807, 2.05) is 19.9 Å². The number of ether oxygens (including phenoxy) is 1. The molecule has 0 saturated carbocycles. The summed E-state index contributed by atoms with van der Waals surface area (Å²) in [6.07, 6.45) is -4.29. The summed E-state index contributed by atoms with van der Waals surface area (Å²) < 4.78 is 45.8. The van der Waals surface area contributed by atoms with Crippen molar-refractivity contribution in [3.63, 3.8) is 0 Å². The van der Waals surface area contributed by atoms with Gasteiger partial charge in [0.15, 0.2) is 5.69 Å². The molecule has 0 radical (unpaired) electrons. The van der Waals surface area contributed by atoms with E-state index < -0.39 is 11.7 Å². The van der Waals surface area contributed by atoms with Gasteiger partial charge in [-0.2, -0.15) is 17.9 Å². The zero-order chi connectivity index (χ0) is 21.6. The van der Waals surface area contributed by atoms with Gasteiger partial charge in [0.05, 0.1) is 17.2 Å². The van der Waals surface area contributed by atoms with Gasteiger partial charge in [-0.05, 0) is 54.7 Å². The summed E-state index contributed by atoms with van der Waals surface area (Å²) in [6, 6.07) is 12.3. The molecule has 3 unspecified atom stereocenters. The second-order valence-electron chi connectivity index (χ2n) is 7.71. The highest BCUT2D eigenvalue weighted by Gasteiger charge is 2.40. The minimum Gasteiger partial charge on any atom is -0.618 e. The topological polar surface area (TPSA) is 99.2 Å². The number of pyridine rings is 1. The van der Waals surface area contributed by atoms with Crippen LogP contribution in [0.15, 0.2) is 48.5 Å². The number of rotatable bonds is 3. The molecule has 9 heteroatoms. The van der Waals surface area contributed by atoms with Crippen LogP contribution in [0.25, 0.3) is 10.9 Å². The average molecular weight is 472 g/mol. The number of benzene rings is 2. The highest BCUT2D eigenvalue weighted by molar-refractivity contribution is 6.31. The Morgan fingerprint density at radius 3 is 2.34 bits per heavy atom. The van der Waals surface area contributed by atoms with Crippen LogP contribution in [0.2, 0.25) is 5.02 Å². The first-order chi connectivity index (χ1) is 14.2. The lowest BCUT2D eigenvalue weighted by Gasteiger charge is -2.36. The van der Waals surface area contributed by atoms with Gasteiger partial charge >= 0.3 is 6.18 Å². The Labute approximate surface area is 188 Å². The molecule has 0 aliphatic heterocycles. The number of nitrogens with zero attached hydrogens (tertiary/aromatic N) is 1. The summed E-state index contributed by atoms with van der Waals surface area (Å²) in [5.41, 5.74) is 2.00. The van der Waals surface area contributed by atoms with Crippen LogP contribution in [0, 0.1) is 11.1 Å². The number of halogens is 4. The predicted molar refractivity (Wildman–Crippen MR) is 117 cm³/mol. The zero-order valence-electron chi connectivity index (χ0n) is 17.5. The van der Waals surface area contributed by atoms with Crippen LogP contribution in [0.1, 0.15) is 48.3 Å². The predicted octanol–water partition coefficient (Wildman–Crippen LogP) is 4.55. The summed E-state index contributed by atoms with van der Waals surface area (Å²) in [6.45, 7) is 4.36. The largest absolute Gasteiger partial charge is 0.618 e. The molecule has 174 valence electrons. The minimum absolute atomic E-state index is 0. The molecule has 0 spiro atoms. The number of hydrogen-bond donors (Lipinski definition) is 0. The van der Waals surface area contributed by atoms with Crippen LogP contribution in [0.3, 0.4) is 0 Å². The van der Waals surface area contributed by atoms with Gasteiger partial charge in [0.25, 0.3) is 0 Å². The lowest BCUT2D eigenvalue weighted by molar-refractivity contribution is -0.587. The van der Waals surface area contributed by atoms with E-state index in [-0.39, 0.29) is 28.9 Å². The molecule has 5 nitrogen and oxygen atoms in total. The second-order valence-corrected chi connectivity index (χ2v) is 8.15. The van der Waals surface area contributed by atoms with Crippen LogP contribution in [0.4, 0.5) is 13.2 Å². The van der Waals surface area contributed by atoms with E-state index in [9.17, 15) is 18.4 Å². The van der Waals surface area contributed by atoms with E-state index in [2.05, 4.69) is 0 Å². The smallest absolute Gasteiger partial charge is 0.416 e. The van der Waals surface area contributed by atoms with Crippen LogP contribution >= 0.6 is 11.6 Å². The first-order valence-corrected chi connectivity index (χ1v) is 10.2. The van der Waals surface area contributed by atoms with Crippen molar-refractivity contribution in [1.29, 1.82) is 0 Å². The first-order valence-electron chi connectivity index (χ1n) is 9.84. The quantitative estimate of drug-likeness (QED) is 0.413. The summed E-state index contributed by atoms with van der Waals surface area (Å²) in [5.74, 6) is -0.160. The molecule has 4 rings (SSSR count). The fourth-order valence-electron chi connectivity index (χ4n) is 4.44. The Hall–Kier alpha value is -2.39. The van der Waals surface area contributed by atoms with Crippen molar-refractivity contribution in [1.82, 2.24) is 0 Å². The number of fused-ring (bicyclic) bond motifs is 2. The van der Waals surface area contributed by atoms with Crippen molar-refractivity contribution in [2.75, 3.05) is 6.61 Å². The summed E-state index contributed by atoms with van der Waals surface area (Å²) >= 11 is 6.11. The van der Waals surface area contributed by atoms with Gasteiger partial charge in [-0.3, -0.25) is 0 Å². The van der Waals surface area contributed by atoms with Gasteiger partial charge < -0.3 is 20.9 Å². The molecular weight excluding hydrogens is 447 g/mol. The monoisotopic (exact) mass is 471 g/mol. The third-order valence-electron chi connectivity index (χ3n) is 5.94. The molecule has 4 N–H and O–H groups in total. The lowest BCUT2D eigenvalue weighted by atomic mass is 9.73. The molecule has 0 saturated heterocycles. The van der Waals surface area contributed by atoms with E-state index >= 15 is 0 Å². The first kappa shape index (κ1) is 25.9.